The summed E-state index contributed by atoms with van der Waals surface area (Å²) < 4.78 is 18.0. The molecule has 2 saturated heterocycles. The lowest BCUT2D eigenvalue weighted by atomic mass is 9.84. The minimum absolute atomic E-state index is 0.0591. The van der Waals surface area contributed by atoms with Crippen molar-refractivity contribution in [2.45, 2.75) is 43.7 Å². The molecule has 4 heterocycles. The molecular formula is C22H24N2O4. The molecule has 146 valence electrons. The Morgan fingerprint density at radius 2 is 2.14 bits per heavy atom. The van der Waals surface area contributed by atoms with Gasteiger partial charge >= 0.3 is 0 Å². The van der Waals surface area contributed by atoms with Gasteiger partial charge in [0.25, 0.3) is 5.91 Å². The van der Waals surface area contributed by atoms with Crippen molar-refractivity contribution in [2.75, 3.05) is 19.7 Å². The number of rotatable bonds is 4. The number of hydrogen-bond donors (Lipinski definition) is 0. The molecule has 0 aliphatic carbocycles. The van der Waals surface area contributed by atoms with E-state index in [1.54, 1.807) is 6.20 Å². The van der Waals surface area contributed by atoms with Crippen molar-refractivity contribution in [1.29, 1.82) is 0 Å². The van der Waals surface area contributed by atoms with Crippen LogP contribution in [0.1, 0.15) is 24.0 Å². The van der Waals surface area contributed by atoms with Crippen molar-refractivity contribution in [2.24, 2.45) is 0 Å². The number of likely N-dealkylation sites (tertiary alicyclic amines) is 1. The molecule has 5 rings (SSSR count). The molecule has 1 aromatic heterocycles. The molecule has 1 spiro atoms. The molecule has 6 nitrogen and oxygen atoms in total. The Morgan fingerprint density at radius 3 is 2.96 bits per heavy atom. The smallest absolute Gasteiger partial charge is 0.264 e. The van der Waals surface area contributed by atoms with Crippen molar-refractivity contribution in [3.05, 3.63) is 59.9 Å². The topological polar surface area (TPSA) is 60.9 Å². The Kier molecular flexibility index (Phi) is 4.53. The Hall–Kier alpha value is -2.44. The molecule has 3 aliphatic rings. The third-order valence-corrected chi connectivity index (χ3v) is 5.85. The van der Waals surface area contributed by atoms with Gasteiger partial charge in [-0.1, -0.05) is 24.3 Å². The van der Waals surface area contributed by atoms with E-state index in [2.05, 4.69) is 4.98 Å². The van der Waals surface area contributed by atoms with Crippen molar-refractivity contribution in [3.8, 4) is 5.75 Å². The molecule has 1 amide bonds. The minimum Gasteiger partial charge on any atom is -0.480 e. The average molecular weight is 380 g/mol. The number of aromatic nitrogens is 1. The van der Waals surface area contributed by atoms with E-state index in [1.165, 1.54) is 0 Å². The highest BCUT2D eigenvalue weighted by Gasteiger charge is 2.51. The van der Waals surface area contributed by atoms with Gasteiger partial charge in [0.05, 0.1) is 25.8 Å². The van der Waals surface area contributed by atoms with Gasteiger partial charge in [0.1, 0.15) is 11.4 Å². The summed E-state index contributed by atoms with van der Waals surface area (Å²) in [5.41, 5.74) is 1.92. The van der Waals surface area contributed by atoms with E-state index in [-0.39, 0.29) is 17.6 Å². The van der Waals surface area contributed by atoms with E-state index < -0.39 is 6.10 Å². The third-order valence-electron chi connectivity index (χ3n) is 5.85. The van der Waals surface area contributed by atoms with Crippen molar-refractivity contribution in [3.63, 3.8) is 0 Å². The number of para-hydroxylation sites is 1. The average Bonchev–Trinajstić information content (AvgIpc) is 3.15. The molecule has 0 radical (unpaired) electrons. The summed E-state index contributed by atoms with van der Waals surface area (Å²) in [6, 6.07) is 11.8. The van der Waals surface area contributed by atoms with Gasteiger partial charge in [-0.25, -0.2) is 0 Å². The Balaban J connectivity index is 1.14. The molecule has 6 heteroatoms. The van der Waals surface area contributed by atoms with Crippen LogP contribution in [0, 0.1) is 0 Å². The zero-order chi connectivity index (χ0) is 19.0. The van der Waals surface area contributed by atoms with Crippen LogP contribution in [0.15, 0.2) is 48.8 Å². The number of nitrogens with zero attached hydrogens (tertiary/aromatic N) is 2. The van der Waals surface area contributed by atoms with Gasteiger partial charge in [0, 0.05) is 31.8 Å². The van der Waals surface area contributed by atoms with Gasteiger partial charge in [0.2, 0.25) is 0 Å². The fourth-order valence-electron chi connectivity index (χ4n) is 4.37. The van der Waals surface area contributed by atoms with Crippen LogP contribution in [0.5, 0.6) is 5.75 Å². The fourth-order valence-corrected chi connectivity index (χ4v) is 4.37. The van der Waals surface area contributed by atoms with E-state index in [0.717, 1.165) is 29.7 Å². The van der Waals surface area contributed by atoms with Crippen LogP contribution in [0.4, 0.5) is 0 Å². The predicted molar refractivity (Wildman–Crippen MR) is 102 cm³/mol. The van der Waals surface area contributed by atoms with Crippen LogP contribution in [-0.4, -0.2) is 53.3 Å². The summed E-state index contributed by atoms with van der Waals surface area (Å²) >= 11 is 0. The molecule has 0 unspecified atom stereocenters. The second kappa shape index (κ2) is 7.18. The quantitative estimate of drug-likeness (QED) is 0.815. The standard InChI is InChI=1S/C22H24N2O4/c25-21(20-10-17-5-1-2-6-19(17)28-20)24-14-22(15-24)11-18(7-9-27-22)26-13-16-4-3-8-23-12-16/h1-6,8,12,18,20H,7,9-11,13-15H2/t18-,20+/m0/s1. The molecule has 2 fully saturated rings. The minimum atomic E-state index is -0.407. The van der Waals surface area contributed by atoms with E-state index in [1.807, 2.05) is 47.5 Å². The summed E-state index contributed by atoms with van der Waals surface area (Å²) in [5.74, 6) is 0.887. The lowest BCUT2D eigenvalue weighted by Crippen LogP contribution is -2.68. The van der Waals surface area contributed by atoms with E-state index >= 15 is 0 Å². The predicted octanol–water partition coefficient (Wildman–Crippen LogP) is 2.36. The van der Waals surface area contributed by atoms with Gasteiger partial charge in [0.15, 0.2) is 6.10 Å². The van der Waals surface area contributed by atoms with Crippen LogP contribution in [0.3, 0.4) is 0 Å². The Bertz CT molecular complexity index is 826. The number of fused-ring (bicyclic) bond motifs is 1. The SMILES string of the molecule is O=C([C@H]1Cc2ccccc2O1)N1CC2(C[C@@H](OCc3cccnc3)CCO2)C1. The van der Waals surface area contributed by atoms with Gasteiger partial charge in [-0.05, 0) is 29.7 Å². The number of carbonyl (C=O) groups is 1. The molecule has 28 heavy (non-hydrogen) atoms. The Morgan fingerprint density at radius 1 is 1.25 bits per heavy atom. The maximum absolute atomic E-state index is 12.8. The van der Waals surface area contributed by atoms with Crippen LogP contribution < -0.4 is 4.74 Å². The van der Waals surface area contributed by atoms with Gasteiger partial charge in [-0.15, -0.1) is 0 Å². The number of carbonyl (C=O) groups excluding carboxylic acids is 1. The number of ether oxygens (including phenoxy) is 3. The summed E-state index contributed by atoms with van der Waals surface area (Å²) in [6.07, 6.45) is 5.70. The third kappa shape index (κ3) is 3.38. The lowest BCUT2D eigenvalue weighted by Gasteiger charge is -2.53. The first kappa shape index (κ1) is 17.6. The fraction of sp³-hybridized carbons (Fsp3) is 0.455. The zero-order valence-electron chi connectivity index (χ0n) is 15.8. The van der Waals surface area contributed by atoms with E-state index in [0.29, 0.717) is 32.7 Å². The Labute approximate surface area is 164 Å². The molecule has 0 bridgehead atoms. The van der Waals surface area contributed by atoms with Crippen molar-refractivity contribution < 1.29 is 19.0 Å². The normalized spacial score (nSPS) is 25.1. The van der Waals surface area contributed by atoms with Gasteiger partial charge < -0.3 is 19.1 Å². The molecule has 0 saturated carbocycles. The van der Waals surface area contributed by atoms with Gasteiger partial charge in [-0.3, -0.25) is 9.78 Å². The number of benzene rings is 1. The molecule has 1 aromatic carbocycles. The number of pyridine rings is 1. The van der Waals surface area contributed by atoms with E-state index in [4.69, 9.17) is 14.2 Å². The van der Waals surface area contributed by atoms with Gasteiger partial charge in [-0.2, -0.15) is 0 Å². The number of amides is 1. The second-order valence-electron chi connectivity index (χ2n) is 7.93. The van der Waals surface area contributed by atoms with Crippen LogP contribution >= 0.6 is 0 Å². The molecule has 0 N–H and O–H groups in total. The van der Waals surface area contributed by atoms with Crippen molar-refractivity contribution in [1.82, 2.24) is 9.88 Å². The largest absolute Gasteiger partial charge is 0.480 e. The molecule has 2 atom stereocenters. The van der Waals surface area contributed by atoms with Crippen molar-refractivity contribution >= 4 is 5.91 Å². The first-order valence-corrected chi connectivity index (χ1v) is 9.89. The lowest BCUT2D eigenvalue weighted by molar-refractivity contribution is -0.205. The maximum Gasteiger partial charge on any atom is 0.264 e. The first-order valence-electron chi connectivity index (χ1n) is 9.89. The first-order chi connectivity index (χ1) is 13.7. The van der Waals surface area contributed by atoms with Crippen LogP contribution in [-0.2, 0) is 27.3 Å². The highest BCUT2D eigenvalue weighted by atomic mass is 16.5. The molecular weight excluding hydrogens is 356 g/mol. The maximum atomic E-state index is 12.8. The van der Waals surface area contributed by atoms with E-state index in [9.17, 15) is 4.79 Å². The second-order valence-corrected chi connectivity index (χ2v) is 7.93. The zero-order valence-corrected chi connectivity index (χ0v) is 15.8. The summed E-state index contributed by atoms with van der Waals surface area (Å²) in [5, 5.41) is 0. The summed E-state index contributed by atoms with van der Waals surface area (Å²) in [7, 11) is 0. The molecule has 3 aliphatic heterocycles. The monoisotopic (exact) mass is 380 g/mol. The highest BCUT2D eigenvalue weighted by molar-refractivity contribution is 5.83. The number of hydrogen-bond acceptors (Lipinski definition) is 5. The molecule has 2 aromatic rings. The van der Waals surface area contributed by atoms with Crippen LogP contribution in [0.25, 0.3) is 0 Å². The summed E-state index contributed by atoms with van der Waals surface area (Å²) in [4.78, 5) is 18.8. The van der Waals surface area contributed by atoms with Crippen LogP contribution in [0.2, 0.25) is 0 Å². The highest BCUT2D eigenvalue weighted by Crippen LogP contribution is 2.37. The summed E-state index contributed by atoms with van der Waals surface area (Å²) in [6.45, 7) is 2.47.